The minimum absolute atomic E-state index is 0.120. The van der Waals surface area contributed by atoms with Crippen LogP contribution in [-0.2, 0) is 6.42 Å². The smallest absolute Gasteiger partial charge is 0.265 e. The van der Waals surface area contributed by atoms with Crippen molar-refractivity contribution in [2.75, 3.05) is 0 Å². The van der Waals surface area contributed by atoms with Crippen molar-refractivity contribution in [1.82, 2.24) is 9.97 Å². The van der Waals surface area contributed by atoms with Crippen molar-refractivity contribution in [3.8, 4) is 11.4 Å². The van der Waals surface area contributed by atoms with Gasteiger partial charge in [0.1, 0.15) is 10.3 Å². The zero-order valence-electron chi connectivity index (χ0n) is 11.8. The van der Waals surface area contributed by atoms with E-state index in [0.717, 1.165) is 23.1 Å². The Morgan fingerprint density at radius 2 is 2.10 bits per heavy atom. The van der Waals surface area contributed by atoms with Crippen molar-refractivity contribution in [3.05, 3.63) is 50.2 Å². The van der Waals surface area contributed by atoms with Gasteiger partial charge < -0.3 is 4.98 Å². The third kappa shape index (κ3) is 2.80. The molecule has 0 spiro atoms. The largest absolute Gasteiger partial charge is 0.305 e. The second-order valence-corrected chi connectivity index (χ2v) is 7.12. The molecule has 1 aromatic carbocycles. The Morgan fingerprint density at radius 1 is 1.33 bits per heavy atom. The Kier molecular flexibility index (Phi) is 3.95. The Morgan fingerprint density at radius 3 is 2.86 bits per heavy atom. The Hall–Kier alpha value is -1.46. The van der Waals surface area contributed by atoms with E-state index < -0.39 is 0 Å². The van der Waals surface area contributed by atoms with Crippen molar-refractivity contribution >= 4 is 37.4 Å². The van der Waals surface area contributed by atoms with Gasteiger partial charge in [-0.3, -0.25) is 4.79 Å². The molecular weight excluding hydrogens is 348 g/mol. The predicted molar refractivity (Wildman–Crippen MR) is 91.9 cm³/mol. The predicted octanol–water partition coefficient (Wildman–Crippen LogP) is 4.61. The molecule has 0 fully saturated rings. The van der Waals surface area contributed by atoms with E-state index in [-0.39, 0.29) is 5.56 Å². The molecule has 0 saturated heterocycles. The summed E-state index contributed by atoms with van der Waals surface area (Å²) in [5.41, 5.74) is 1.69. The van der Waals surface area contributed by atoms with E-state index in [0.29, 0.717) is 16.2 Å². The molecule has 0 bridgehead atoms. The number of nitrogens with zero attached hydrogens (tertiary/aromatic N) is 1. The van der Waals surface area contributed by atoms with Gasteiger partial charge in [-0.15, -0.1) is 11.3 Å². The highest BCUT2D eigenvalue weighted by Crippen LogP contribution is 2.32. The average Bonchev–Trinajstić information content (AvgIpc) is 2.87. The lowest BCUT2D eigenvalue weighted by Crippen LogP contribution is -2.14. The molecule has 0 amide bonds. The lowest BCUT2D eigenvalue weighted by molar-refractivity contribution is 0.631. The lowest BCUT2D eigenvalue weighted by atomic mass is 10.1. The maximum atomic E-state index is 12.1. The zero-order chi connectivity index (χ0) is 15.0. The second-order valence-electron chi connectivity index (χ2n) is 5.42. The highest BCUT2D eigenvalue weighted by atomic mass is 79.9. The number of hydrogen-bond donors (Lipinski definition) is 1. The number of aromatic nitrogens is 2. The number of fused-ring (bicyclic) bond motifs is 1. The fourth-order valence-corrected chi connectivity index (χ4v) is 3.61. The van der Waals surface area contributed by atoms with Crippen LogP contribution in [-0.4, -0.2) is 9.97 Å². The summed E-state index contributed by atoms with van der Waals surface area (Å²) in [6.07, 6.45) is 0.777. The minimum Gasteiger partial charge on any atom is -0.305 e. The third-order valence-electron chi connectivity index (χ3n) is 3.27. The SMILES string of the molecule is CC(C)Cc1nc(-c2csc3ccccc23)[nH]c(=O)c1Br. The molecule has 0 aliphatic carbocycles. The number of nitrogens with one attached hydrogen (secondary N) is 1. The number of aromatic amines is 1. The maximum Gasteiger partial charge on any atom is 0.265 e. The Labute approximate surface area is 135 Å². The number of halogens is 1. The van der Waals surface area contributed by atoms with E-state index >= 15 is 0 Å². The first kappa shape index (κ1) is 14.5. The van der Waals surface area contributed by atoms with Crippen LogP contribution in [0.3, 0.4) is 0 Å². The number of thiophene rings is 1. The first-order chi connectivity index (χ1) is 10.1. The molecule has 2 heterocycles. The van der Waals surface area contributed by atoms with Crippen LogP contribution in [0.2, 0.25) is 0 Å². The molecular formula is C16H15BrN2OS. The lowest BCUT2D eigenvalue weighted by Gasteiger charge is -2.08. The van der Waals surface area contributed by atoms with Gasteiger partial charge in [-0.25, -0.2) is 4.98 Å². The molecule has 3 nitrogen and oxygen atoms in total. The summed E-state index contributed by atoms with van der Waals surface area (Å²) in [5, 5.41) is 3.18. The monoisotopic (exact) mass is 362 g/mol. The molecule has 0 unspecified atom stereocenters. The highest BCUT2D eigenvalue weighted by Gasteiger charge is 2.14. The van der Waals surface area contributed by atoms with Crippen molar-refractivity contribution in [2.24, 2.45) is 5.92 Å². The van der Waals surface area contributed by atoms with E-state index in [4.69, 9.17) is 0 Å². The summed E-state index contributed by atoms with van der Waals surface area (Å²) in [7, 11) is 0. The van der Waals surface area contributed by atoms with E-state index in [2.05, 4.69) is 57.3 Å². The third-order valence-corrected chi connectivity index (χ3v) is 5.05. The molecule has 3 aromatic rings. The summed E-state index contributed by atoms with van der Waals surface area (Å²) in [5.74, 6) is 1.10. The van der Waals surface area contributed by atoms with Gasteiger partial charge in [-0.05, 0) is 34.3 Å². The van der Waals surface area contributed by atoms with Crippen molar-refractivity contribution < 1.29 is 0 Å². The molecule has 0 aliphatic rings. The molecule has 1 N–H and O–H groups in total. The molecule has 21 heavy (non-hydrogen) atoms. The van der Waals surface area contributed by atoms with Crippen LogP contribution in [0.15, 0.2) is 38.9 Å². The van der Waals surface area contributed by atoms with Crippen molar-refractivity contribution in [1.29, 1.82) is 0 Å². The number of H-pyrrole nitrogens is 1. The summed E-state index contributed by atoms with van der Waals surface area (Å²) in [6.45, 7) is 4.24. The Balaban J connectivity index is 2.18. The van der Waals surface area contributed by atoms with Gasteiger partial charge in [0.05, 0.1) is 5.69 Å². The van der Waals surface area contributed by atoms with Crippen LogP contribution in [0.4, 0.5) is 0 Å². The van der Waals surface area contributed by atoms with Gasteiger partial charge in [0.25, 0.3) is 5.56 Å². The van der Waals surface area contributed by atoms with Crippen LogP contribution < -0.4 is 5.56 Å². The first-order valence-electron chi connectivity index (χ1n) is 6.81. The summed E-state index contributed by atoms with van der Waals surface area (Å²) in [6, 6.07) is 8.16. The summed E-state index contributed by atoms with van der Waals surface area (Å²) < 4.78 is 1.74. The van der Waals surface area contributed by atoms with Crippen LogP contribution in [0.5, 0.6) is 0 Å². The van der Waals surface area contributed by atoms with Gasteiger partial charge in [0.15, 0.2) is 0 Å². The Bertz CT molecular complexity index is 851. The molecule has 0 aliphatic heterocycles. The molecule has 2 aromatic heterocycles. The number of benzene rings is 1. The van der Waals surface area contributed by atoms with Gasteiger partial charge in [0, 0.05) is 21.0 Å². The maximum absolute atomic E-state index is 12.1. The van der Waals surface area contributed by atoms with Crippen LogP contribution in [0.1, 0.15) is 19.5 Å². The number of hydrogen-bond acceptors (Lipinski definition) is 3. The number of rotatable bonds is 3. The zero-order valence-corrected chi connectivity index (χ0v) is 14.2. The van der Waals surface area contributed by atoms with E-state index in [1.807, 2.05) is 12.1 Å². The molecule has 5 heteroatoms. The van der Waals surface area contributed by atoms with Gasteiger partial charge >= 0.3 is 0 Å². The summed E-state index contributed by atoms with van der Waals surface area (Å²) >= 11 is 5.02. The molecule has 0 atom stereocenters. The van der Waals surface area contributed by atoms with Gasteiger partial charge in [0.2, 0.25) is 0 Å². The van der Waals surface area contributed by atoms with E-state index in [1.54, 1.807) is 11.3 Å². The molecule has 0 saturated carbocycles. The first-order valence-corrected chi connectivity index (χ1v) is 8.49. The molecule has 0 radical (unpaired) electrons. The van der Waals surface area contributed by atoms with Crippen molar-refractivity contribution in [2.45, 2.75) is 20.3 Å². The average molecular weight is 363 g/mol. The van der Waals surface area contributed by atoms with Crippen LogP contribution in [0.25, 0.3) is 21.5 Å². The fraction of sp³-hybridized carbons (Fsp3) is 0.250. The van der Waals surface area contributed by atoms with Crippen LogP contribution in [0, 0.1) is 5.92 Å². The fourth-order valence-electron chi connectivity index (χ4n) is 2.32. The topological polar surface area (TPSA) is 45.8 Å². The van der Waals surface area contributed by atoms with Crippen molar-refractivity contribution in [3.63, 3.8) is 0 Å². The van der Waals surface area contributed by atoms with Gasteiger partial charge in [-0.2, -0.15) is 0 Å². The van der Waals surface area contributed by atoms with Crippen LogP contribution >= 0.6 is 27.3 Å². The quantitative estimate of drug-likeness (QED) is 0.739. The highest BCUT2D eigenvalue weighted by molar-refractivity contribution is 9.10. The molecule has 3 rings (SSSR count). The second kappa shape index (κ2) is 5.73. The summed E-state index contributed by atoms with van der Waals surface area (Å²) in [4.78, 5) is 19.7. The minimum atomic E-state index is -0.120. The normalized spacial score (nSPS) is 11.4. The van der Waals surface area contributed by atoms with Gasteiger partial charge in [-0.1, -0.05) is 32.0 Å². The van der Waals surface area contributed by atoms with E-state index in [1.165, 1.54) is 4.70 Å². The standard InChI is InChI=1S/C16H15BrN2OS/c1-9(2)7-12-14(17)16(20)19-15(18-12)11-8-21-13-6-4-3-5-10(11)13/h3-6,8-9H,7H2,1-2H3,(H,18,19,20). The van der Waals surface area contributed by atoms with E-state index in [9.17, 15) is 4.79 Å². The molecule has 108 valence electrons.